The summed E-state index contributed by atoms with van der Waals surface area (Å²) in [5, 5.41) is 0. The van der Waals surface area contributed by atoms with Gasteiger partial charge >= 0.3 is 0 Å². The van der Waals surface area contributed by atoms with Crippen molar-refractivity contribution in [1.82, 2.24) is 10.9 Å². The van der Waals surface area contributed by atoms with Gasteiger partial charge < -0.3 is 0 Å². The second-order valence-corrected chi connectivity index (χ2v) is 17.7. The van der Waals surface area contributed by atoms with Crippen molar-refractivity contribution in [2.24, 2.45) is 63.1 Å². The summed E-state index contributed by atoms with van der Waals surface area (Å²) < 4.78 is 0. The van der Waals surface area contributed by atoms with Gasteiger partial charge in [0.05, 0.1) is 0 Å². The Kier molecular flexibility index (Phi) is 10.0. The number of fused-ring (bicyclic) bond motifs is 5. The third-order valence-corrected chi connectivity index (χ3v) is 14.5. The minimum atomic E-state index is 0.385. The zero-order valence-electron chi connectivity index (χ0n) is 28.2. The molecule has 10 unspecified atom stereocenters. The summed E-state index contributed by atoms with van der Waals surface area (Å²) in [6.07, 6.45) is 19.9. The Morgan fingerprint density at radius 3 is 2.23 bits per heavy atom. The van der Waals surface area contributed by atoms with Crippen LogP contribution in [0.5, 0.6) is 0 Å². The van der Waals surface area contributed by atoms with Crippen molar-refractivity contribution >= 4 is 0 Å². The lowest BCUT2D eigenvalue weighted by molar-refractivity contribution is -0.141. The van der Waals surface area contributed by atoms with Crippen LogP contribution in [-0.2, 0) is 0 Å². The molecule has 4 saturated carbocycles. The normalized spacial score (nSPS) is 41.5. The molecule has 4 fully saturated rings. The van der Waals surface area contributed by atoms with Gasteiger partial charge in [0.1, 0.15) is 0 Å². The quantitative estimate of drug-likeness (QED) is 0.200. The van der Waals surface area contributed by atoms with Gasteiger partial charge in [0.15, 0.2) is 0 Å². The van der Waals surface area contributed by atoms with E-state index in [1.165, 1.54) is 89.9 Å². The van der Waals surface area contributed by atoms with Crippen LogP contribution in [0.2, 0.25) is 0 Å². The topological polar surface area (TPSA) is 24.1 Å². The largest absolute Gasteiger partial charge is 0.258 e. The lowest BCUT2D eigenvalue weighted by Gasteiger charge is -2.63. The molecule has 39 heavy (non-hydrogen) atoms. The average molecular weight is 543 g/mol. The first-order chi connectivity index (χ1) is 18.2. The molecule has 0 heterocycles. The van der Waals surface area contributed by atoms with E-state index in [0.717, 1.165) is 48.0 Å². The van der Waals surface area contributed by atoms with Crippen LogP contribution in [0.1, 0.15) is 159 Å². The molecule has 10 atom stereocenters. The molecule has 4 aliphatic rings. The van der Waals surface area contributed by atoms with Crippen LogP contribution < -0.4 is 10.9 Å². The van der Waals surface area contributed by atoms with E-state index in [-0.39, 0.29) is 0 Å². The van der Waals surface area contributed by atoms with Crippen LogP contribution >= 0.6 is 0 Å². The molecule has 0 bridgehead atoms. The molecule has 4 aliphatic carbocycles. The standard InChI is InChI=1S/C37H70N2/c1-11-12-13-14-23-38-39-29-18-21-36(9)28(25-29)24-27(3)33-31-16-15-30(37(31,10)22-19-32(33)36)26(2)17-20-35(7,8)34(4,5)6/h26-33,38-39H,11-25H2,1-10H3. The van der Waals surface area contributed by atoms with Gasteiger partial charge in [-0.2, -0.15) is 0 Å². The van der Waals surface area contributed by atoms with Gasteiger partial charge in [-0.15, -0.1) is 0 Å². The number of hydrazine groups is 1. The smallest absolute Gasteiger partial charge is 0.0216 e. The van der Waals surface area contributed by atoms with Gasteiger partial charge in [0.25, 0.3) is 0 Å². The predicted molar refractivity (Wildman–Crippen MR) is 170 cm³/mol. The summed E-state index contributed by atoms with van der Waals surface area (Å²) in [6.45, 7) is 26.6. The predicted octanol–water partition coefficient (Wildman–Crippen LogP) is 10.4. The molecule has 228 valence electrons. The molecule has 2 N–H and O–H groups in total. The number of nitrogens with one attached hydrogen (secondary N) is 2. The number of hydrogen-bond acceptors (Lipinski definition) is 2. The van der Waals surface area contributed by atoms with Crippen LogP contribution in [0.4, 0.5) is 0 Å². The molecule has 2 nitrogen and oxygen atoms in total. The first-order valence-corrected chi connectivity index (χ1v) is 17.7. The highest BCUT2D eigenvalue weighted by Crippen LogP contribution is 2.69. The minimum Gasteiger partial charge on any atom is -0.258 e. The molecule has 0 spiro atoms. The molecule has 0 aromatic rings. The molecule has 2 heteroatoms. The fraction of sp³-hybridized carbons (Fsp3) is 1.00. The van der Waals surface area contributed by atoms with Crippen molar-refractivity contribution in [1.29, 1.82) is 0 Å². The lowest BCUT2D eigenvalue weighted by atomic mass is 9.42. The van der Waals surface area contributed by atoms with Crippen molar-refractivity contribution in [3.63, 3.8) is 0 Å². The van der Waals surface area contributed by atoms with Crippen molar-refractivity contribution in [2.75, 3.05) is 6.54 Å². The van der Waals surface area contributed by atoms with Gasteiger partial charge in [-0.3, -0.25) is 10.9 Å². The van der Waals surface area contributed by atoms with Gasteiger partial charge in [-0.25, -0.2) is 0 Å². The van der Waals surface area contributed by atoms with Crippen molar-refractivity contribution in [2.45, 2.75) is 165 Å². The van der Waals surface area contributed by atoms with Gasteiger partial charge in [-0.1, -0.05) is 88.5 Å². The maximum atomic E-state index is 3.78. The van der Waals surface area contributed by atoms with Crippen LogP contribution in [0, 0.1) is 63.1 Å². The fourth-order valence-corrected chi connectivity index (χ4v) is 10.8. The molecular formula is C37H70N2. The van der Waals surface area contributed by atoms with E-state index in [4.69, 9.17) is 0 Å². The summed E-state index contributed by atoms with van der Waals surface area (Å²) in [7, 11) is 0. The SMILES string of the molecule is CCCCCCNNC1CCC2(C)C(C1)CC(C)C1C2CCC2(C)C(C(C)CCC(C)(C)C(C)(C)C)CCC12. The van der Waals surface area contributed by atoms with E-state index < -0.39 is 0 Å². The second kappa shape index (κ2) is 12.3. The molecule has 0 aliphatic heterocycles. The average Bonchev–Trinajstić information content (AvgIpc) is 3.22. The molecule has 0 aromatic carbocycles. The van der Waals surface area contributed by atoms with E-state index in [0.29, 0.717) is 27.7 Å². The number of rotatable bonds is 11. The molecular weight excluding hydrogens is 472 g/mol. The Hall–Kier alpha value is -0.0800. The van der Waals surface area contributed by atoms with E-state index in [2.05, 4.69) is 80.1 Å². The Morgan fingerprint density at radius 1 is 0.846 bits per heavy atom. The fourth-order valence-electron chi connectivity index (χ4n) is 10.8. The van der Waals surface area contributed by atoms with Crippen molar-refractivity contribution in [3.8, 4) is 0 Å². The van der Waals surface area contributed by atoms with E-state index >= 15 is 0 Å². The van der Waals surface area contributed by atoms with Crippen molar-refractivity contribution < 1.29 is 0 Å². The van der Waals surface area contributed by atoms with Gasteiger partial charge in [-0.05, 0) is 134 Å². The zero-order valence-corrected chi connectivity index (χ0v) is 28.2. The molecule has 0 aromatic heterocycles. The maximum absolute atomic E-state index is 3.78. The summed E-state index contributed by atoms with van der Waals surface area (Å²) in [5.74, 6) is 6.58. The summed E-state index contributed by atoms with van der Waals surface area (Å²) >= 11 is 0. The van der Waals surface area contributed by atoms with Crippen molar-refractivity contribution in [3.05, 3.63) is 0 Å². The van der Waals surface area contributed by atoms with Crippen LogP contribution in [0.15, 0.2) is 0 Å². The summed E-state index contributed by atoms with van der Waals surface area (Å²) in [4.78, 5) is 0. The Balaban J connectivity index is 1.37. The highest BCUT2D eigenvalue weighted by molar-refractivity contribution is 5.11. The maximum Gasteiger partial charge on any atom is 0.0216 e. The number of unbranched alkanes of at least 4 members (excludes halogenated alkanes) is 3. The Morgan fingerprint density at radius 2 is 1.54 bits per heavy atom. The van der Waals surface area contributed by atoms with E-state index in [1.807, 2.05) is 0 Å². The van der Waals surface area contributed by atoms with Crippen LogP contribution in [0.25, 0.3) is 0 Å². The first-order valence-electron chi connectivity index (χ1n) is 17.7. The minimum absolute atomic E-state index is 0.385. The lowest BCUT2D eigenvalue weighted by Crippen LogP contribution is -2.58. The Labute approximate surface area is 245 Å². The summed E-state index contributed by atoms with van der Waals surface area (Å²) in [5.41, 5.74) is 9.36. The molecule has 4 rings (SSSR count). The van der Waals surface area contributed by atoms with Gasteiger partial charge in [0, 0.05) is 12.6 Å². The van der Waals surface area contributed by atoms with Crippen LogP contribution in [-0.4, -0.2) is 12.6 Å². The highest BCUT2D eigenvalue weighted by atomic mass is 15.4. The first kappa shape index (κ1) is 31.8. The second-order valence-electron chi connectivity index (χ2n) is 17.7. The monoisotopic (exact) mass is 543 g/mol. The third-order valence-electron chi connectivity index (χ3n) is 14.5. The van der Waals surface area contributed by atoms with Gasteiger partial charge in [0.2, 0.25) is 0 Å². The Bertz CT molecular complexity index is 781. The van der Waals surface area contributed by atoms with E-state index in [9.17, 15) is 0 Å². The third kappa shape index (κ3) is 6.33. The molecule has 0 saturated heterocycles. The molecule has 0 radical (unpaired) electrons. The number of hydrogen-bond donors (Lipinski definition) is 2. The highest BCUT2D eigenvalue weighted by Gasteiger charge is 2.62. The zero-order chi connectivity index (χ0) is 28.6. The molecule has 0 amide bonds. The summed E-state index contributed by atoms with van der Waals surface area (Å²) in [6, 6.07) is 0.681. The van der Waals surface area contributed by atoms with E-state index in [1.54, 1.807) is 0 Å². The van der Waals surface area contributed by atoms with Crippen LogP contribution in [0.3, 0.4) is 0 Å².